The monoisotopic (exact) mass is 499 g/mol. The van der Waals surface area contributed by atoms with E-state index in [-0.39, 0.29) is 11.3 Å². The molecule has 0 saturated heterocycles. The second-order valence-corrected chi connectivity index (χ2v) is 11.1. The van der Waals surface area contributed by atoms with Crippen molar-refractivity contribution in [3.05, 3.63) is 47.9 Å². The van der Waals surface area contributed by atoms with Gasteiger partial charge in [-0.2, -0.15) is 5.10 Å². The number of nitrogens with one attached hydrogen (secondary N) is 1. The highest BCUT2D eigenvalue weighted by molar-refractivity contribution is 7.90. The third-order valence-corrected chi connectivity index (χ3v) is 7.21. The second kappa shape index (κ2) is 8.04. The lowest BCUT2D eigenvalue weighted by molar-refractivity contribution is -0.121. The summed E-state index contributed by atoms with van der Waals surface area (Å²) in [6, 6.07) is 8.32. The molecule has 35 heavy (non-hydrogen) atoms. The van der Waals surface area contributed by atoms with E-state index >= 15 is 0 Å². The standard InChI is InChI=1S/C24H23F2N5O3S/c1-13-8-19-23(27-13)20(10-15(28-19)11-21(32)16-12-24(16,25)26)29-18-5-4-14(9-22(18)35(3,33)34)17-6-7-31(2)30-17/h4-7,9-10,16H,8,11-12H2,1-3H3,(H,28,29). The molecule has 3 aromatic rings. The molecular weight excluding hydrogens is 476 g/mol. The summed E-state index contributed by atoms with van der Waals surface area (Å²) in [7, 11) is -1.86. The molecule has 0 radical (unpaired) electrons. The van der Waals surface area contributed by atoms with Crippen molar-refractivity contribution >= 4 is 38.4 Å². The zero-order valence-corrected chi connectivity index (χ0v) is 20.2. The Morgan fingerprint density at radius 3 is 2.60 bits per heavy atom. The summed E-state index contributed by atoms with van der Waals surface area (Å²) in [4.78, 5) is 21.4. The van der Waals surface area contributed by atoms with Gasteiger partial charge in [0.1, 0.15) is 11.5 Å². The summed E-state index contributed by atoms with van der Waals surface area (Å²) >= 11 is 0. The van der Waals surface area contributed by atoms with Crippen molar-refractivity contribution in [1.29, 1.82) is 0 Å². The molecule has 1 unspecified atom stereocenters. The number of hydrogen-bond acceptors (Lipinski definition) is 7. The van der Waals surface area contributed by atoms with Gasteiger partial charge in [-0.25, -0.2) is 17.2 Å². The van der Waals surface area contributed by atoms with Crippen molar-refractivity contribution in [1.82, 2.24) is 14.8 Å². The summed E-state index contributed by atoms with van der Waals surface area (Å²) in [6.45, 7) is 1.84. The molecule has 1 aliphatic carbocycles. The second-order valence-electron chi connectivity index (χ2n) is 9.12. The van der Waals surface area contributed by atoms with Gasteiger partial charge in [-0.15, -0.1) is 0 Å². The van der Waals surface area contributed by atoms with Gasteiger partial charge >= 0.3 is 0 Å². The predicted molar refractivity (Wildman–Crippen MR) is 128 cm³/mol. The average Bonchev–Trinajstić information content (AvgIpc) is 3.06. The number of ketones is 1. The number of alkyl halides is 2. The summed E-state index contributed by atoms with van der Waals surface area (Å²) in [5.74, 6) is -4.75. The number of rotatable bonds is 7. The van der Waals surface area contributed by atoms with Crippen LogP contribution in [0.3, 0.4) is 0 Å². The first kappa shape index (κ1) is 23.3. The van der Waals surface area contributed by atoms with Crippen LogP contribution in [-0.2, 0) is 34.5 Å². The molecule has 8 nitrogen and oxygen atoms in total. The molecule has 1 saturated carbocycles. The lowest BCUT2D eigenvalue weighted by Crippen LogP contribution is -2.12. The van der Waals surface area contributed by atoms with E-state index in [0.717, 1.165) is 12.0 Å². The number of sulfone groups is 1. The Labute approximate surface area is 201 Å². The highest BCUT2D eigenvalue weighted by Crippen LogP contribution is 2.49. The number of Topliss-reactive ketones (excluding diaryl/α,β-unsaturated/α-hetero) is 1. The minimum Gasteiger partial charge on any atom is -0.353 e. The predicted octanol–water partition coefficient (Wildman–Crippen LogP) is 4.04. The quantitative estimate of drug-likeness (QED) is 0.526. The number of aryl methyl sites for hydroxylation is 1. The van der Waals surface area contributed by atoms with Crippen LogP contribution in [0, 0.1) is 5.92 Å². The zero-order valence-electron chi connectivity index (χ0n) is 19.3. The molecule has 1 aromatic carbocycles. The van der Waals surface area contributed by atoms with Crippen LogP contribution in [0.15, 0.2) is 46.4 Å². The first-order valence-electron chi connectivity index (χ1n) is 11.0. The van der Waals surface area contributed by atoms with Crippen LogP contribution in [0.5, 0.6) is 0 Å². The fraction of sp³-hybridized carbons (Fsp3) is 0.333. The maximum absolute atomic E-state index is 13.4. The smallest absolute Gasteiger partial charge is 0.258 e. The molecule has 1 aliphatic heterocycles. The molecule has 1 atom stereocenters. The SMILES string of the molecule is CC1=Nc2c(Nc3ccc(-c4ccn(C)n4)cc3S(C)(=O)=O)cc(CC(=O)C3CC3(F)F)nc2C1. The molecular formula is C24H23F2N5O3S. The molecule has 5 rings (SSSR count). The van der Waals surface area contributed by atoms with Gasteiger partial charge in [0.25, 0.3) is 5.92 Å². The fourth-order valence-corrected chi connectivity index (χ4v) is 5.09. The van der Waals surface area contributed by atoms with E-state index in [1.165, 1.54) is 0 Å². The maximum Gasteiger partial charge on any atom is 0.258 e. The number of carbonyl (C=O) groups is 1. The molecule has 182 valence electrons. The number of carbonyl (C=O) groups excluding carboxylic acids is 1. The highest BCUT2D eigenvalue weighted by Gasteiger charge is 2.60. The number of fused-ring (bicyclic) bond motifs is 1. The van der Waals surface area contributed by atoms with Gasteiger partial charge in [-0.05, 0) is 31.2 Å². The molecule has 3 heterocycles. The molecule has 1 fully saturated rings. The number of nitrogens with zero attached hydrogens (tertiary/aromatic N) is 4. The van der Waals surface area contributed by atoms with Crippen LogP contribution in [0.1, 0.15) is 24.7 Å². The van der Waals surface area contributed by atoms with E-state index in [4.69, 9.17) is 0 Å². The molecule has 2 aromatic heterocycles. The van der Waals surface area contributed by atoms with Crippen molar-refractivity contribution in [3.8, 4) is 11.3 Å². The van der Waals surface area contributed by atoms with Crippen LogP contribution in [-0.4, -0.2) is 46.9 Å². The lowest BCUT2D eigenvalue weighted by atomic mass is 10.1. The number of hydrogen-bond donors (Lipinski definition) is 1. The molecule has 2 aliphatic rings. The van der Waals surface area contributed by atoms with Gasteiger partial charge in [0, 0.05) is 50.0 Å². The van der Waals surface area contributed by atoms with Crippen molar-refractivity contribution < 1.29 is 22.0 Å². The normalized spacial score (nSPS) is 18.2. The largest absolute Gasteiger partial charge is 0.353 e. The van der Waals surface area contributed by atoms with E-state index in [1.807, 2.05) is 6.92 Å². The lowest BCUT2D eigenvalue weighted by Gasteiger charge is -2.15. The van der Waals surface area contributed by atoms with Gasteiger partial charge in [0.15, 0.2) is 9.84 Å². The van der Waals surface area contributed by atoms with E-state index in [1.54, 1.807) is 48.3 Å². The van der Waals surface area contributed by atoms with Gasteiger partial charge in [0.2, 0.25) is 0 Å². The van der Waals surface area contributed by atoms with E-state index in [0.29, 0.717) is 46.1 Å². The summed E-state index contributed by atoms with van der Waals surface area (Å²) in [6.07, 6.45) is 2.70. The van der Waals surface area contributed by atoms with Gasteiger partial charge in [-0.1, -0.05) is 6.07 Å². The Hall–Kier alpha value is -3.47. The van der Waals surface area contributed by atoms with Crippen LogP contribution in [0.2, 0.25) is 0 Å². The Morgan fingerprint density at radius 2 is 1.97 bits per heavy atom. The van der Waals surface area contributed by atoms with Gasteiger partial charge in [-0.3, -0.25) is 19.5 Å². The number of pyridine rings is 1. The molecule has 0 spiro atoms. The summed E-state index contributed by atoms with van der Waals surface area (Å²) in [5.41, 5.74) is 4.37. The number of anilines is 2. The summed E-state index contributed by atoms with van der Waals surface area (Å²) in [5, 5.41) is 7.48. The van der Waals surface area contributed by atoms with Crippen LogP contribution >= 0.6 is 0 Å². The van der Waals surface area contributed by atoms with Crippen LogP contribution in [0.25, 0.3) is 11.3 Å². The number of aromatic nitrogens is 3. The van der Waals surface area contributed by atoms with Crippen molar-refractivity contribution in [2.75, 3.05) is 11.6 Å². The molecule has 1 N–H and O–H groups in total. The topological polar surface area (TPSA) is 106 Å². The highest BCUT2D eigenvalue weighted by atomic mass is 32.2. The number of benzene rings is 1. The number of halogens is 2. The van der Waals surface area contributed by atoms with E-state index in [2.05, 4.69) is 20.4 Å². The first-order valence-corrected chi connectivity index (χ1v) is 12.9. The average molecular weight is 500 g/mol. The van der Waals surface area contributed by atoms with E-state index < -0.39 is 33.9 Å². The molecule has 11 heteroatoms. The van der Waals surface area contributed by atoms with Crippen LogP contribution in [0.4, 0.5) is 25.8 Å². The Bertz CT molecular complexity index is 1510. The van der Waals surface area contributed by atoms with Gasteiger partial charge in [0.05, 0.1) is 39.3 Å². The third-order valence-electron chi connectivity index (χ3n) is 6.07. The Kier molecular flexibility index (Phi) is 5.35. The van der Waals surface area contributed by atoms with Crippen molar-refractivity contribution in [3.63, 3.8) is 0 Å². The third kappa shape index (κ3) is 4.60. The Morgan fingerprint density at radius 1 is 1.23 bits per heavy atom. The van der Waals surface area contributed by atoms with E-state index in [9.17, 15) is 22.0 Å². The minimum absolute atomic E-state index is 0.0696. The first-order chi connectivity index (χ1) is 16.4. The zero-order chi connectivity index (χ0) is 25.1. The molecule has 0 bridgehead atoms. The number of aliphatic imine (C=N–C) groups is 1. The fourth-order valence-electron chi connectivity index (χ4n) is 4.23. The van der Waals surface area contributed by atoms with Crippen molar-refractivity contribution in [2.24, 2.45) is 18.0 Å². The van der Waals surface area contributed by atoms with Gasteiger partial charge < -0.3 is 5.32 Å². The Balaban J connectivity index is 1.52. The maximum atomic E-state index is 13.4. The van der Waals surface area contributed by atoms with Crippen LogP contribution < -0.4 is 5.32 Å². The molecule has 0 amide bonds. The minimum atomic E-state index is -3.63. The van der Waals surface area contributed by atoms with Crippen molar-refractivity contribution in [2.45, 2.75) is 37.0 Å². The summed E-state index contributed by atoms with van der Waals surface area (Å²) < 4.78 is 53.7.